The lowest BCUT2D eigenvalue weighted by atomic mass is 9.65. The average molecular weight is 444 g/mol. The van der Waals surface area contributed by atoms with Gasteiger partial charge in [-0.3, -0.25) is 4.79 Å². The van der Waals surface area contributed by atoms with E-state index in [2.05, 4.69) is 44.8 Å². The zero-order chi connectivity index (χ0) is 17.3. The summed E-state index contributed by atoms with van der Waals surface area (Å²) < 4.78 is 0. The number of hydrogen-bond donors (Lipinski definition) is 2. The Morgan fingerprint density at radius 3 is 2.25 bits per heavy atom. The summed E-state index contributed by atoms with van der Waals surface area (Å²) in [5.74, 6) is 0.536. The van der Waals surface area contributed by atoms with E-state index >= 15 is 0 Å². The van der Waals surface area contributed by atoms with Gasteiger partial charge in [0, 0.05) is 29.6 Å². The van der Waals surface area contributed by atoms with Crippen molar-refractivity contribution in [1.82, 2.24) is 10.2 Å². The van der Waals surface area contributed by atoms with Crippen LogP contribution in [0, 0.1) is 5.41 Å². The van der Waals surface area contributed by atoms with Crippen LogP contribution in [0.4, 0.5) is 0 Å². The summed E-state index contributed by atoms with van der Waals surface area (Å²) in [5.41, 5.74) is 7.19. The summed E-state index contributed by atoms with van der Waals surface area (Å²) >= 11 is 0. The van der Waals surface area contributed by atoms with Crippen molar-refractivity contribution in [1.29, 1.82) is 0 Å². The van der Waals surface area contributed by atoms with Crippen molar-refractivity contribution >= 4 is 35.8 Å². The van der Waals surface area contributed by atoms with Crippen molar-refractivity contribution in [2.45, 2.75) is 46.7 Å². The van der Waals surface area contributed by atoms with Gasteiger partial charge in [0.25, 0.3) is 0 Å². The highest BCUT2D eigenvalue weighted by molar-refractivity contribution is 14.0. The molecule has 0 unspecified atom stereocenters. The molecule has 0 saturated carbocycles. The molecule has 0 bridgehead atoms. The molecule has 1 aromatic rings. The molecule has 1 aromatic carbocycles. The Morgan fingerprint density at radius 2 is 1.83 bits per heavy atom. The molecule has 0 aliphatic carbocycles. The van der Waals surface area contributed by atoms with Gasteiger partial charge in [-0.2, -0.15) is 0 Å². The largest absolute Gasteiger partial charge is 0.366 e. The fraction of sp³-hybridized carbons (Fsp3) is 0.556. The monoisotopic (exact) mass is 444 g/mol. The number of nitrogens with two attached hydrogens (primary N) is 1. The molecule has 1 amide bonds. The van der Waals surface area contributed by atoms with Gasteiger partial charge in [-0.25, -0.2) is 4.99 Å². The van der Waals surface area contributed by atoms with Gasteiger partial charge in [0.1, 0.15) is 0 Å². The minimum absolute atomic E-state index is 0. The lowest BCUT2D eigenvalue weighted by Crippen LogP contribution is -2.72. The third-order valence-electron chi connectivity index (χ3n) is 5.12. The predicted octanol–water partition coefficient (Wildman–Crippen LogP) is 2.99. The van der Waals surface area contributed by atoms with Crippen LogP contribution in [-0.4, -0.2) is 35.4 Å². The van der Waals surface area contributed by atoms with Gasteiger partial charge in [0.15, 0.2) is 5.96 Å². The van der Waals surface area contributed by atoms with Crippen molar-refractivity contribution in [2.24, 2.45) is 16.1 Å². The zero-order valence-electron chi connectivity index (χ0n) is 15.2. The van der Waals surface area contributed by atoms with Gasteiger partial charge in [0.05, 0.1) is 6.54 Å². The number of benzene rings is 1. The van der Waals surface area contributed by atoms with E-state index in [1.54, 1.807) is 12.1 Å². The Bertz CT molecular complexity index is 608. The molecule has 0 radical (unpaired) electrons. The quantitative estimate of drug-likeness (QED) is 0.426. The van der Waals surface area contributed by atoms with Gasteiger partial charge in [-0.05, 0) is 38.5 Å². The maximum Gasteiger partial charge on any atom is 0.248 e. The van der Waals surface area contributed by atoms with Crippen LogP contribution in [0.15, 0.2) is 29.3 Å². The second-order valence-electron chi connectivity index (χ2n) is 7.26. The number of rotatable bonds is 4. The normalized spacial score (nSPS) is 18.4. The predicted molar refractivity (Wildman–Crippen MR) is 110 cm³/mol. The van der Waals surface area contributed by atoms with Crippen molar-refractivity contribution in [2.75, 3.05) is 13.1 Å². The minimum atomic E-state index is -0.405. The Balaban J connectivity index is 0.00000288. The number of hydrogen-bond acceptors (Lipinski definition) is 2. The van der Waals surface area contributed by atoms with Crippen LogP contribution >= 0.6 is 24.0 Å². The molecule has 134 valence electrons. The van der Waals surface area contributed by atoms with E-state index in [4.69, 9.17) is 10.7 Å². The second-order valence-corrected chi connectivity index (χ2v) is 7.26. The molecule has 0 spiro atoms. The number of nitrogens with zero attached hydrogens (tertiary/aromatic N) is 2. The molecule has 24 heavy (non-hydrogen) atoms. The number of carbonyl (C=O) groups excluding carboxylic acids is 1. The van der Waals surface area contributed by atoms with Crippen LogP contribution in [-0.2, 0) is 6.54 Å². The summed E-state index contributed by atoms with van der Waals surface area (Å²) in [6.07, 6.45) is 0. The average Bonchev–Trinajstić information content (AvgIpc) is 2.49. The van der Waals surface area contributed by atoms with E-state index in [9.17, 15) is 4.79 Å². The van der Waals surface area contributed by atoms with Crippen molar-refractivity contribution in [3.05, 3.63) is 35.4 Å². The molecule has 1 fully saturated rings. The maximum atomic E-state index is 11.1. The van der Waals surface area contributed by atoms with Gasteiger partial charge in [-0.1, -0.05) is 26.0 Å². The molecule has 6 heteroatoms. The van der Waals surface area contributed by atoms with E-state index in [1.807, 2.05) is 12.1 Å². The molecule has 0 atom stereocenters. The number of likely N-dealkylation sites (tertiary alicyclic amines) is 1. The van der Waals surface area contributed by atoms with Crippen LogP contribution in [0.25, 0.3) is 0 Å². The number of guanidine groups is 1. The van der Waals surface area contributed by atoms with Crippen molar-refractivity contribution < 1.29 is 4.79 Å². The Hall–Kier alpha value is -1.31. The zero-order valence-corrected chi connectivity index (χ0v) is 17.5. The number of aliphatic imine (C=N–C) groups is 1. The first kappa shape index (κ1) is 20.7. The van der Waals surface area contributed by atoms with E-state index in [1.165, 1.54) is 0 Å². The Morgan fingerprint density at radius 1 is 1.25 bits per heavy atom. The van der Waals surface area contributed by atoms with E-state index in [0.717, 1.165) is 24.6 Å². The molecule has 1 aliphatic rings. The van der Waals surface area contributed by atoms with Crippen molar-refractivity contribution in [3.63, 3.8) is 0 Å². The molecule has 1 heterocycles. The number of nitrogens with one attached hydrogen (secondary N) is 1. The SMILES string of the molecule is CCNC(=NCc1ccc(C(N)=O)cc1)N1CC(C)(C)C1(C)C.I. The first-order chi connectivity index (χ1) is 10.7. The topological polar surface area (TPSA) is 70.7 Å². The van der Waals surface area contributed by atoms with Crippen LogP contribution in [0.1, 0.15) is 50.5 Å². The first-order valence-corrected chi connectivity index (χ1v) is 8.14. The number of amides is 1. The number of halogens is 1. The van der Waals surface area contributed by atoms with Gasteiger partial charge >= 0.3 is 0 Å². The summed E-state index contributed by atoms with van der Waals surface area (Å²) in [7, 11) is 0. The van der Waals surface area contributed by atoms with Gasteiger partial charge < -0.3 is 16.0 Å². The molecule has 1 aliphatic heterocycles. The van der Waals surface area contributed by atoms with E-state index < -0.39 is 5.91 Å². The standard InChI is InChI=1S/C18H28N4O.HI/c1-6-20-16(22-12-17(2,3)18(22,4)5)21-11-13-7-9-14(10-8-13)15(19)23;/h7-10H,6,11-12H2,1-5H3,(H2,19,23)(H,20,21);1H. The lowest BCUT2D eigenvalue weighted by Gasteiger charge is -2.62. The fourth-order valence-electron chi connectivity index (χ4n) is 2.74. The molecule has 3 N–H and O–H groups in total. The third-order valence-corrected chi connectivity index (χ3v) is 5.12. The smallest absolute Gasteiger partial charge is 0.248 e. The maximum absolute atomic E-state index is 11.1. The van der Waals surface area contributed by atoms with Crippen LogP contribution in [0.2, 0.25) is 0 Å². The fourth-order valence-corrected chi connectivity index (χ4v) is 2.74. The highest BCUT2D eigenvalue weighted by Gasteiger charge is 2.53. The molecule has 1 saturated heterocycles. The second kappa shape index (κ2) is 7.72. The molecular weight excluding hydrogens is 415 g/mol. The molecule has 0 aromatic heterocycles. The van der Waals surface area contributed by atoms with Gasteiger partial charge in [0.2, 0.25) is 5.91 Å². The Kier molecular flexibility index (Phi) is 6.67. The first-order valence-electron chi connectivity index (χ1n) is 8.14. The molecule has 2 rings (SSSR count). The Labute approximate surface area is 162 Å². The lowest BCUT2D eigenvalue weighted by molar-refractivity contribution is -0.0667. The third kappa shape index (κ3) is 4.02. The molecule has 5 nitrogen and oxygen atoms in total. The molecular formula is C18H29IN4O. The highest BCUT2D eigenvalue weighted by atomic mass is 127. The van der Waals surface area contributed by atoms with Gasteiger partial charge in [-0.15, -0.1) is 24.0 Å². The number of primary amides is 1. The van der Waals surface area contributed by atoms with E-state index in [0.29, 0.717) is 12.1 Å². The van der Waals surface area contributed by atoms with E-state index in [-0.39, 0.29) is 34.9 Å². The summed E-state index contributed by atoms with van der Waals surface area (Å²) in [6, 6.07) is 7.30. The summed E-state index contributed by atoms with van der Waals surface area (Å²) in [4.78, 5) is 18.2. The van der Waals surface area contributed by atoms with Crippen LogP contribution < -0.4 is 11.1 Å². The van der Waals surface area contributed by atoms with Crippen molar-refractivity contribution in [3.8, 4) is 0 Å². The summed E-state index contributed by atoms with van der Waals surface area (Å²) in [5, 5.41) is 3.38. The minimum Gasteiger partial charge on any atom is -0.366 e. The number of carbonyl (C=O) groups is 1. The van der Waals surface area contributed by atoms with Crippen LogP contribution in [0.5, 0.6) is 0 Å². The summed E-state index contributed by atoms with van der Waals surface area (Å²) in [6.45, 7) is 13.6. The van der Waals surface area contributed by atoms with Crippen LogP contribution in [0.3, 0.4) is 0 Å². The highest BCUT2D eigenvalue weighted by Crippen LogP contribution is 2.46.